The molecule has 4 rings (SSSR count). The van der Waals surface area contributed by atoms with E-state index in [0.717, 1.165) is 56.6 Å². The molecule has 0 unspecified atom stereocenters. The van der Waals surface area contributed by atoms with E-state index in [1.54, 1.807) is 10.4 Å². The molecule has 0 saturated carbocycles. The Kier molecular flexibility index (Phi) is 5.40. The lowest BCUT2D eigenvalue weighted by atomic mass is 9.87. The van der Waals surface area contributed by atoms with Crippen LogP contribution in [0, 0.1) is 5.92 Å². The number of piperidine rings is 1. The van der Waals surface area contributed by atoms with Crippen molar-refractivity contribution in [2.75, 3.05) is 44.2 Å². The van der Waals surface area contributed by atoms with Crippen LogP contribution in [0.5, 0.6) is 0 Å². The monoisotopic (exact) mass is 419 g/mol. The molecule has 1 aromatic carbocycles. The van der Waals surface area contributed by atoms with Crippen LogP contribution < -0.4 is 4.90 Å². The van der Waals surface area contributed by atoms with Gasteiger partial charge in [0.25, 0.3) is 0 Å². The molecule has 29 heavy (non-hydrogen) atoms. The number of hydrogen-bond donors (Lipinski definition) is 0. The zero-order valence-corrected chi connectivity index (χ0v) is 18.7. The van der Waals surface area contributed by atoms with Gasteiger partial charge in [-0.15, -0.1) is 0 Å². The Hall–Kier alpha value is -1.60. The smallest absolute Gasteiger partial charge is 0.243 e. The van der Waals surface area contributed by atoms with Crippen LogP contribution in [-0.2, 0) is 20.2 Å². The standard InChI is InChI=1S/C22H33N3O3S/c1-17-8-12-25(13-9-17)29(27,28)18-6-7-20-19(14-18)22(2,3)16-24(20)15-21(26)23-10-4-5-11-23/h6-7,14,17H,4-5,8-13,15-16H2,1-3H3. The third-order valence-corrected chi connectivity index (χ3v) is 8.68. The maximum absolute atomic E-state index is 13.2. The second kappa shape index (κ2) is 7.58. The highest BCUT2D eigenvalue weighted by Gasteiger charge is 2.38. The minimum Gasteiger partial charge on any atom is -0.361 e. The predicted octanol–water partition coefficient (Wildman–Crippen LogP) is 2.83. The first kappa shape index (κ1) is 20.7. The van der Waals surface area contributed by atoms with E-state index in [2.05, 4.69) is 25.7 Å². The van der Waals surface area contributed by atoms with Crippen molar-refractivity contribution in [3.05, 3.63) is 23.8 Å². The van der Waals surface area contributed by atoms with Gasteiger partial charge >= 0.3 is 0 Å². The number of sulfonamides is 1. The minimum absolute atomic E-state index is 0.172. The third kappa shape index (κ3) is 3.91. The highest BCUT2D eigenvalue weighted by Crippen LogP contribution is 2.42. The van der Waals surface area contributed by atoms with Crippen molar-refractivity contribution in [2.45, 2.75) is 56.8 Å². The van der Waals surface area contributed by atoms with Crippen LogP contribution in [-0.4, -0.2) is 62.8 Å². The van der Waals surface area contributed by atoms with Crippen LogP contribution in [0.15, 0.2) is 23.1 Å². The molecule has 0 atom stereocenters. The van der Waals surface area contributed by atoms with E-state index < -0.39 is 10.0 Å². The van der Waals surface area contributed by atoms with Crippen molar-refractivity contribution in [3.8, 4) is 0 Å². The van der Waals surface area contributed by atoms with Gasteiger partial charge in [-0.1, -0.05) is 20.8 Å². The van der Waals surface area contributed by atoms with Crippen LogP contribution in [0.2, 0.25) is 0 Å². The number of amides is 1. The molecule has 160 valence electrons. The Morgan fingerprint density at radius 3 is 2.41 bits per heavy atom. The van der Waals surface area contributed by atoms with Gasteiger partial charge in [-0.3, -0.25) is 4.79 Å². The largest absolute Gasteiger partial charge is 0.361 e. The summed E-state index contributed by atoms with van der Waals surface area (Å²) >= 11 is 0. The van der Waals surface area contributed by atoms with Crippen molar-refractivity contribution in [3.63, 3.8) is 0 Å². The number of carbonyl (C=O) groups is 1. The van der Waals surface area contributed by atoms with E-state index in [4.69, 9.17) is 0 Å². The summed E-state index contributed by atoms with van der Waals surface area (Å²) in [7, 11) is -3.47. The van der Waals surface area contributed by atoms with Crippen molar-refractivity contribution >= 4 is 21.6 Å². The van der Waals surface area contributed by atoms with Crippen molar-refractivity contribution in [2.24, 2.45) is 5.92 Å². The molecule has 6 nitrogen and oxygen atoms in total. The molecule has 0 spiro atoms. The van der Waals surface area contributed by atoms with E-state index in [0.29, 0.717) is 30.4 Å². The Balaban J connectivity index is 1.58. The second-order valence-corrected chi connectivity index (χ2v) is 11.5. The molecule has 3 aliphatic heterocycles. The van der Waals surface area contributed by atoms with Crippen molar-refractivity contribution in [1.82, 2.24) is 9.21 Å². The van der Waals surface area contributed by atoms with Gasteiger partial charge in [0.05, 0.1) is 11.4 Å². The highest BCUT2D eigenvalue weighted by atomic mass is 32.2. The molecular weight excluding hydrogens is 386 g/mol. The molecule has 0 aromatic heterocycles. The molecule has 1 amide bonds. The zero-order valence-electron chi connectivity index (χ0n) is 17.9. The van der Waals surface area contributed by atoms with E-state index in [9.17, 15) is 13.2 Å². The first-order valence-electron chi connectivity index (χ1n) is 10.9. The van der Waals surface area contributed by atoms with E-state index in [1.807, 2.05) is 17.0 Å². The zero-order chi connectivity index (χ0) is 20.8. The van der Waals surface area contributed by atoms with Gasteiger partial charge in [-0.2, -0.15) is 4.31 Å². The number of rotatable bonds is 4. The second-order valence-electron chi connectivity index (χ2n) is 9.59. The first-order valence-corrected chi connectivity index (χ1v) is 12.3. The quantitative estimate of drug-likeness (QED) is 0.753. The van der Waals surface area contributed by atoms with Crippen LogP contribution >= 0.6 is 0 Å². The van der Waals surface area contributed by atoms with Gasteiger partial charge in [-0.05, 0) is 55.4 Å². The van der Waals surface area contributed by atoms with Gasteiger partial charge in [-0.25, -0.2) is 8.42 Å². The molecule has 2 fully saturated rings. The molecule has 3 aliphatic rings. The fourth-order valence-electron chi connectivity index (χ4n) is 4.89. The van der Waals surface area contributed by atoms with Gasteiger partial charge < -0.3 is 9.80 Å². The molecule has 0 N–H and O–H groups in total. The fraction of sp³-hybridized carbons (Fsp3) is 0.682. The molecule has 0 radical (unpaired) electrons. The van der Waals surface area contributed by atoms with Gasteiger partial charge in [0, 0.05) is 43.8 Å². The molecule has 0 aliphatic carbocycles. The highest BCUT2D eigenvalue weighted by molar-refractivity contribution is 7.89. The lowest BCUT2D eigenvalue weighted by Crippen LogP contribution is -2.40. The number of benzene rings is 1. The molecule has 2 saturated heterocycles. The Labute approximate surface area is 174 Å². The number of nitrogens with zero attached hydrogens (tertiary/aromatic N) is 3. The Bertz CT molecular complexity index is 883. The minimum atomic E-state index is -3.47. The maximum atomic E-state index is 13.2. The molecule has 1 aromatic rings. The number of anilines is 1. The van der Waals surface area contributed by atoms with Crippen LogP contribution in [0.1, 0.15) is 52.0 Å². The molecule has 0 bridgehead atoms. The summed E-state index contributed by atoms with van der Waals surface area (Å²) < 4.78 is 28.0. The summed E-state index contributed by atoms with van der Waals surface area (Å²) in [5.74, 6) is 0.757. The van der Waals surface area contributed by atoms with E-state index in [-0.39, 0.29) is 11.3 Å². The first-order chi connectivity index (χ1) is 13.7. The van der Waals surface area contributed by atoms with Gasteiger partial charge in [0.15, 0.2) is 0 Å². The Morgan fingerprint density at radius 1 is 1.10 bits per heavy atom. The summed E-state index contributed by atoms with van der Waals surface area (Å²) in [4.78, 5) is 17.1. The van der Waals surface area contributed by atoms with Crippen molar-refractivity contribution in [1.29, 1.82) is 0 Å². The molecular formula is C22H33N3O3S. The fourth-order valence-corrected chi connectivity index (χ4v) is 6.38. The summed E-state index contributed by atoms with van der Waals surface area (Å²) in [6.07, 6.45) is 4.01. The van der Waals surface area contributed by atoms with Gasteiger partial charge in [0.2, 0.25) is 15.9 Å². The molecule has 7 heteroatoms. The van der Waals surface area contributed by atoms with E-state index >= 15 is 0 Å². The summed E-state index contributed by atoms with van der Waals surface area (Å²) in [5.41, 5.74) is 1.83. The predicted molar refractivity (Wildman–Crippen MR) is 115 cm³/mol. The summed E-state index contributed by atoms with van der Waals surface area (Å²) in [5, 5.41) is 0. The van der Waals surface area contributed by atoms with Crippen LogP contribution in [0.4, 0.5) is 5.69 Å². The summed E-state index contributed by atoms with van der Waals surface area (Å²) in [6, 6.07) is 5.48. The van der Waals surface area contributed by atoms with Crippen LogP contribution in [0.3, 0.4) is 0 Å². The number of carbonyl (C=O) groups excluding carboxylic acids is 1. The molecule has 3 heterocycles. The maximum Gasteiger partial charge on any atom is 0.243 e. The Morgan fingerprint density at radius 2 is 1.76 bits per heavy atom. The number of fused-ring (bicyclic) bond motifs is 1. The lowest BCUT2D eigenvalue weighted by molar-refractivity contribution is -0.128. The van der Waals surface area contributed by atoms with Gasteiger partial charge in [0.1, 0.15) is 0 Å². The van der Waals surface area contributed by atoms with Crippen LogP contribution in [0.25, 0.3) is 0 Å². The number of likely N-dealkylation sites (tertiary alicyclic amines) is 1. The lowest BCUT2D eigenvalue weighted by Gasteiger charge is -2.29. The summed E-state index contributed by atoms with van der Waals surface area (Å²) in [6.45, 7) is 10.4. The number of hydrogen-bond acceptors (Lipinski definition) is 4. The van der Waals surface area contributed by atoms with Crippen molar-refractivity contribution < 1.29 is 13.2 Å². The van der Waals surface area contributed by atoms with E-state index in [1.165, 1.54) is 0 Å². The topological polar surface area (TPSA) is 60.9 Å². The third-order valence-electron chi connectivity index (χ3n) is 6.79. The SMILES string of the molecule is CC1CCN(S(=O)(=O)c2ccc3c(c2)C(C)(C)CN3CC(=O)N2CCCC2)CC1. The normalized spacial score (nSPS) is 22.9. The average Bonchev–Trinajstić information content (AvgIpc) is 3.29. The average molecular weight is 420 g/mol.